The minimum Gasteiger partial charge on any atom is -0.493 e. The monoisotopic (exact) mass is 315 g/mol. The molecule has 2 aromatic rings. The van der Waals surface area contributed by atoms with Crippen LogP contribution in [0.15, 0.2) is 24.4 Å². The average molecular weight is 315 g/mol. The van der Waals surface area contributed by atoms with Crippen molar-refractivity contribution in [2.75, 3.05) is 20.8 Å². The third-order valence-electron chi connectivity index (χ3n) is 4.19. The maximum atomic E-state index is 12.6. The fourth-order valence-corrected chi connectivity index (χ4v) is 2.87. The second-order valence-electron chi connectivity index (χ2n) is 5.51. The zero-order valence-electron chi connectivity index (χ0n) is 13.7. The lowest BCUT2D eigenvalue weighted by Gasteiger charge is -2.29. The third-order valence-corrected chi connectivity index (χ3v) is 4.19. The highest BCUT2D eigenvalue weighted by atomic mass is 16.5. The number of nitrogens with zero attached hydrogens (tertiary/aromatic N) is 3. The summed E-state index contributed by atoms with van der Waals surface area (Å²) in [6, 6.07) is 5.73. The molecule has 2 heterocycles. The summed E-state index contributed by atoms with van der Waals surface area (Å²) < 4.78 is 12.5. The number of hydrogen-bond acceptors (Lipinski definition) is 4. The Balaban J connectivity index is 1.83. The van der Waals surface area contributed by atoms with Gasteiger partial charge in [-0.2, -0.15) is 5.10 Å². The summed E-state index contributed by atoms with van der Waals surface area (Å²) in [7, 11) is 3.25. The SMILES string of the molecule is CCn1ccc(C(=O)N2CCc3cc(OC)c(OC)cc3C2)n1. The van der Waals surface area contributed by atoms with Crippen molar-refractivity contribution in [1.82, 2.24) is 14.7 Å². The van der Waals surface area contributed by atoms with Gasteiger partial charge in [-0.3, -0.25) is 9.48 Å². The van der Waals surface area contributed by atoms with Crippen molar-refractivity contribution in [3.8, 4) is 11.5 Å². The minimum absolute atomic E-state index is 0.0300. The Morgan fingerprint density at radius 1 is 1.22 bits per heavy atom. The number of aromatic nitrogens is 2. The summed E-state index contributed by atoms with van der Waals surface area (Å²) in [6.07, 6.45) is 2.63. The molecule has 0 N–H and O–H groups in total. The van der Waals surface area contributed by atoms with Gasteiger partial charge in [-0.1, -0.05) is 0 Å². The summed E-state index contributed by atoms with van der Waals surface area (Å²) >= 11 is 0. The number of fused-ring (bicyclic) bond motifs is 1. The van der Waals surface area contributed by atoms with E-state index >= 15 is 0 Å². The number of methoxy groups -OCH3 is 2. The largest absolute Gasteiger partial charge is 0.493 e. The van der Waals surface area contributed by atoms with Crippen LogP contribution in [0.1, 0.15) is 28.5 Å². The van der Waals surface area contributed by atoms with Crippen molar-refractivity contribution in [3.05, 3.63) is 41.2 Å². The number of hydrogen-bond donors (Lipinski definition) is 0. The van der Waals surface area contributed by atoms with Crippen LogP contribution in [0.3, 0.4) is 0 Å². The first-order valence-electron chi connectivity index (χ1n) is 7.72. The number of carbonyl (C=O) groups is 1. The van der Waals surface area contributed by atoms with Crippen molar-refractivity contribution in [1.29, 1.82) is 0 Å². The highest BCUT2D eigenvalue weighted by Crippen LogP contribution is 2.33. The fourth-order valence-electron chi connectivity index (χ4n) is 2.87. The van der Waals surface area contributed by atoms with E-state index in [0.29, 0.717) is 24.5 Å². The molecule has 1 amide bonds. The average Bonchev–Trinajstić information content (AvgIpc) is 3.08. The molecule has 23 heavy (non-hydrogen) atoms. The van der Waals surface area contributed by atoms with E-state index in [-0.39, 0.29) is 5.91 Å². The van der Waals surface area contributed by atoms with Crippen LogP contribution in [0.5, 0.6) is 11.5 Å². The van der Waals surface area contributed by atoms with E-state index < -0.39 is 0 Å². The van der Waals surface area contributed by atoms with Gasteiger partial charge in [0.05, 0.1) is 14.2 Å². The van der Waals surface area contributed by atoms with Gasteiger partial charge in [0.25, 0.3) is 5.91 Å². The molecule has 6 nitrogen and oxygen atoms in total. The second-order valence-corrected chi connectivity index (χ2v) is 5.51. The van der Waals surface area contributed by atoms with Crippen molar-refractivity contribution < 1.29 is 14.3 Å². The summed E-state index contributed by atoms with van der Waals surface area (Å²) in [6.45, 7) is 4.00. The number of ether oxygens (including phenoxy) is 2. The molecule has 0 saturated carbocycles. The molecule has 0 aliphatic carbocycles. The molecule has 1 aromatic carbocycles. The Labute approximate surface area is 135 Å². The van der Waals surface area contributed by atoms with Gasteiger partial charge in [0, 0.05) is 25.8 Å². The van der Waals surface area contributed by atoms with E-state index in [9.17, 15) is 4.79 Å². The molecular formula is C17H21N3O3. The molecule has 1 aliphatic rings. The number of amides is 1. The predicted octanol–water partition coefficient (Wildman–Crippen LogP) is 2.12. The van der Waals surface area contributed by atoms with Crippen molar-refractivity contribution in [3.63, 3.8) is 0 Å². The van der Waals surface area contributed by atoms with Crippen LogP contribution in [0.2, 0.25) is 0 Å². The fraction of sp³-hybridized carbons (Fsp3) is 0.412. The normalized spacial score (nSPS) is 13.6. The lowest BCUT2D eigenvalue weighted by Crippen LogP contribution is -2.36. The van der Waals surface area contributed by atoms with E-state index in [1.165, 1.54) is 5.56 Å². The number of rotatable bonds is 4. The van der Waals surface area contributed by atoms with Crippen molar-refractivity contribution in [2.45, 2.75) is 26.4 Å². The van der Waals surface area contributed by atoms with Crippen molar-refractivity contribution in [2.24, 2.45) is 0 Å². The van der Waals surface area contributed by atoms with Gasteiger partial charge >= 0.3 is 0 Å². The molecule has 1 aliphatic heterocycles. The topological polar surface area (TPSA) is 56.6 Å². The highest BCUT2D eigenvalue weighted by Gasteiger charge is 2.24. The molecule has 0 unspecified atom stereocenters. The molecule has 0 bridgehead atoms. The third kappa shape index (κ3) is 2.88. The summed E-state index contributed by atoms with van der Waals surface area (Å²) in [4.78, 5) is 14.4. The predicted molar refractivity (Wildman–Crippen MR) is 85.9 cm³/mol. The van der Waals surface area contributed by atoms with Gasteiger partial charge in [0.15, 0.2) is 11.5 Å². The van der Waals surface area contributed by atoms with E-state index in [1.807, 2.05) is 30.2 Å². The summed E-state index contributed by atoms with van der Waals surface area (Å²) in [5.74, 6) is 1.39. The second kappa shape index (κ2) is 6.32. The maximum Gasteiger partial charge on any atom is 0.274 e. The zero-order valence-corrected chi connectivity index (χ0v) is 13.7. The first-order valence-corrected chi connectivity index (χ1v) is 7.72. The van der Waals surface area contributed by atoms with Crippen LogP contribution in [0.4, 0.5) is 0 Å². The van der Waals surface area contributed by atoms with E-state index in [2.05, 4.69) is 5.10 Å². The van der Waals surface area contributed by atoms with Crippen LogP contribution >= 0.6 is 0 Å². The standard InChI is InChI=1S/C17H21N3O3/c1-4-20-8-6-14(18-20)17(21)19-7-5-12-9-15(22-2)16(23-3)10-13(12)11-19/h6,8-10H,4-5,7,11H2,1-3H3. The molecule has 122 valence electrons. The Morgan fingerprint density at radius 2 is 1.91 bits per heavy atom. The van der Waals surface area contributed by atoms with Crippen molar-refractivity contribution >= 4 is 5.91 Å². The van der Waals surface area contributed by atoms with Gasteiger partial charge in [0.2, 0.25) is 0 Å². The summed E-state index contributed by atoms with van der Waals surface area (Å²) in [5.41, 5.74) is 2.79. The highest BCUT2D eigenvalue weighted by molar-refractivity contribution is 5.92. The molecule has 6 heteroatoms. The van der Waals surface area contributed by atoms with Gasteiger partial charge in [-0.05, 0) is 42.7 Å². The van der Waals surface area contributed by atoms with Gasteiger partial charge in [-0.15, -0.1) is 0 Å². The Morgan fingerprint density at radius 3 is 2.52 bits per heavy atom. The lowest BCUT2D eigenvalue weighted by atomic mass is 9.98. The quantitative estimate of drug-likeness (QED) is 0.867. The molecular weight excluding hydrogens is 294 g/mol. The van der Waals surface area contributed by atoms with Crippen LogP contribution < -0.4 is 9.47 Å². The molecule has 0 saturated heterocycles. The number of carbonyl (C=O) groups excluding carboxylic acids is 1. The first kappa shape index (κ1) is 15.4. The first-order chi connectivity index (χ1) is 11.2. The molecule has 0 fully saturated rings. The molecule has 0 radical (unpaired) electrons. The van der Waals surface area contributed by atoms with Crippen LogP contribution in [-0.2, 0) is 19.5 Å². The van der Waals surface area contributed by atoms with E-state index in [1.54, 1.807) is 25.0 Å². The number of aryl methyl sites for hydroxylation is 1. The molecule has 1 aromatic heterocycles. The lowest BCUT2D eigenvalue weighted by molar-refractivity contribution is 0.0727. The minimum atomic E-state index is -0.0300. The van der Waals surface area contributed by atoms with E-state index in [0.717, 1.165) is 24.3 Å². The van der Waals surface area contributed by atoms with Crippen LogP contribution in [0.25, 0.3) is 0 Å². The van der Waals surface area contributed by atoms with E-state index in [4.69, 9.17) is 9.47 Å². The zero-order chi connectivity index (χ0) is 16.4. The van der Waals surface area contributed by atoms with Crippen LogP contribution in [0, 0.1) is 0 Å². The maximum absolute atomic E-state index is 12.6. The Kier molecular flexibility index (Phi) is 4.23. The van der Waals surface area contributed by atoms with Gasteiger partial charge < -0.3 is 14.4 Å². The van der Waals surface area contributed by atoms with Gasteiger partial charge in [0.1, 0.15) is 5.69 Å². The summed E-state index contributed by atoms with van der Waals surface area (Å²) in [5, 5.41) is 4.30. The molecule has 3 rings (SSSR count). The Hall–Kier alpha value is -2.50. The van der Waals surface area contributed by atoms with Crippen LogP contribution in [-0.4, -0.2) is 41.4 Å². The Bertz CT molecular complexity index is 724. The number of benzene rings is 1. The smallest absolute Gasteiger partial charge is 0.274 e. The molecule has 0 spiro atoms. The van der Waals surface area contributed by atoms with Gasteiger partial charge in [-0.25, -0.2) is 0 Å². The molecule has 0 atom stereocenters.